The lowest BCUT2D eigenvalue weighted by Gasteiger charge is -2.28. The summed E-state index contributed by atoms with van der Waals surface area (Å²) in [5.41, 5.74) is 1.71. The normalized spacial score (nSPS) is 25.2. The topological polar surface area (TPSA) is 68.1 Å². The highest BCUT2D eigenvalue weighted by Crippen LogP contribution is 2.42. The molecule has 4 heterocycles. The minimum Gasteiger partial charge on any atom is -0.381 e. The van der Waals surface area contributed by atoms with Crippen molar-refractivity contribution in [3.05, 3.63) is 35.5 Å². The predicted octanol–water partition coefficient (Wildman–Crippen LogP) is 4.91. The van der Waals surface area contributed by atoms with Gasteiger partial charge in [-0.2, -0.15) is 18.3 Å². The summed E-state index contributed by atoms with van der Waals surface area (Å²) in [5.74, 6) is 1.58. The number of anilines is 1. The van der Waals surface area contributed by atoms with Gasteiger partial charge in [-0.05, 0) is 68.1 Å². The first-order valence-corrected chi connectivity index (χ1v) is 13.2. The Kier molecular flexibility index (Phi) is 6.35. The number of benzene rings is 1. The van der Waals surface area contributed by atoms with E-state index >= 15 is 0 Å². The van der Waals surface area contributed by atoms with E-state index < -0.39 is 11.7 Å². The van der Waals surface area contributed by atoms with Crippen LogP contribution < -0.4 is 5.32 Å². The van der Waals surface area contributed by atoms with Crippen LogP contribution in [-0.4, -0.2) is 63.8 Å². The van der Waals surface area contributed by atoms with E-state index in [4.69, 9.17) is 4.74 Å². The number of nitrogens with zero attached hydrogens (tertiary/aromatic N) is 5. The monoisotopic (exact) mass is 514 g/mol. The number of hydrogen-bond acceptors (Lipinski definition) is 6. The van der Waals surface area contributed by atoms with Crippen molar-refractivity contribution in [2.45, 2.75) is 44.8 Å². The van der Waals surface area contributed by atoms with Crippen LogP contribution in [0, 0.1) is 24.7 Å². The van der Waals surface area contributed by atoms with Crippen LogP contribution in [0.4, 0.5) is 19.0 Å². The average molecular weight is 515 g/mol. The summed E-state index contributed by atoms with van der Waals surface area (Å²) in [6, 6.07) is 4.69. The maximum absolute atomic E-state index is 14.1. The van der Waals surface area contributed by atoms with Gasteiger partial charge in [0.05, 0.1) is 11.2 Å². The first-order valence-electron chi connectivity index (χ1n) is 13.2. The van der Waals surface area contributed by atoms with E-state index in [-0.39, 0.29) is 17.6 Å². The fourth-order valence-electron chi connectivity index (χ4n) is 6.62. The van der Waals surface area contributed by atoms with Crippen molar-refractivity contribution in [2.24, 2.45) is 24.8 Å². The van der Waals surface area contributed by atoms with Gasteiger partial charge in [-0.15, -0.1) is 10.2 Å². The zero-order valence-corrected chi connectivity index (χ0v) is 21.3. The first-order chi connectivity index (χ1) is 17.7. The number of aryl methyl sites for hydroxylation is 2. The number of aromatic nitrogens is 4. The Morgan fingerprint density at radius 2 is 1.81 bits per heavy atom. The van der Waals surface area contributed by atoms with Crippen LogP contribution >= 0.6 is 0 Å². The number of nitrogens with one attached hydrogen (secondary N) is 1. The molecule has 2 aliphatic heterocycles. The molecule has 3 fully saturated rings. The molecule has 7 nitrogen and oxygen atoms in total. The van der Waals surface area contributed by atoms with Gasteiger partial charge in [0.15, 0.2) is 5.82 Å². The van der Waals surface area contributed by atoms with Crippen LogP contribution in [0.1, 0.15) is 36.8 Å². The summed E-state index contributed by atoms with van der Waals surface area (Å²) in [5, 5.41) is 16.7. The molecule has 1 aliphatic carbocycles. The highest BCUT2D eigenvalue weighted by molar-refractivity contribution is 5.88. The molecule has 3 aliphatic rings. The minimum atomic E-state index is -4.53. The molecule has 0 spiro atoms. The van der Waals surface area contributed by atoms with Crippen LogP contribution in [-0.2, 0) is 18.0 Å². The lowest BCUT2D eigenvalue weighted by molar-refractivity contribution is -0.137. The van der Waals surface area contributed by atoms with Gasteiger partial charge in [0.2, 0.25) is 0 Å². The molecule has 2 aromatic heterocycles. The van der Waals surface area contributed by atoms with Crippen LogP contribution in [0.25, 0.3) is 22.2 Å². The van der Waals surface area contributed by atoms with Gasteiger partial charge in [0.1, 0.15) is 5.56 Å². The Labute approximate surface area is 214 Å². The summed E-state index contributed by atoms with van der Waals surface area (Å²) in [6.07, 6.45) is 1.32. The zero-order chi connectivity index (χ0) is 25.7. The summed E-state index contributed by atoms with van der Waals surface area (Å²) in [7, 11) is 1.82. The van der Waals surface area contributed by atoms with E-state index in [1.54, 1.807) is 16.8 Å². The van der Waals surface area contributed by atoms with E-state index in [2.05, 4.69) is 25.5 Å². The lowest BCUT2D eigenvalue weighted by Crippen LogP contribution is -2.32. The number of hydrogen-bond donors (Lipinski definition) is 1. The standard InChI is InChI=1S/C27H33F3N6O/c1-16-21(3-4-24-22(16)15-35(2)34-24)25-11-23(27(28,29)30)26(33-32-25)31-20-9-18-13-36(14-19(18)10-20)12-17-5-7-37-8-6-17/h3-4,11,15,17-20H,5-10,12-14H2,1-2H3,(H,31,33)/t18-,19+,20?. The largest absolute Gasteiger partial charge is 0.420 e. The Bertz CT molecular complexity index is 1270. The van der Waals surface area contributed by atoms with E-state index in [1.807, 2.05) is 20.2 Å². The summed E-state index contributed by atoms with van der Waals surface area (Å²) in [4.78, 5) is 2.55. The van der Waals surface area contributed by atoms with Gasteiger partial charge in [0.25, 0.3) is 0 Å². The van der Waals surface area contributed by atoms with Gasteiger partial charge >= 0.3 is 6.18 Å². The molecule has 1 aromatic carbocycles. The first kappa shape index (κ1) is 24.6. The Morgan fingerprint density at radius 3 is 2.51 bits per heavy atom. The van der Waals surface area contributed by atoms with Crippen molar-refractivity contribution in [3.63, 3.8) is 0 Å². The van der Waals surface area contributed by atoms with Crippen molar-refractivity contribution in [3.8, 4) is 11.3 Å². The molecule has 1 saturated carbocycles. The number of likely N-dealkylation sites (tertiary alicyclic amines) is 1. The van der Waals surface area contributed by atoms with Gasteiger partial charge in [-0.25, -0.2) is 0 Å². The second-order valence-corrected chi connectivity index (χ2v) is 11.1. The Balaban J connectivity index is 1.17. The summed E-state index contributed by atoms with van der Waals surface area (Å²) >= 11 is 0. The van der Waals surface area contributed by atoms with Gasteiger partial charge < -0.3 is 15.0 Å². The number of fused-ring (bicyclic) bond motifs is 2. The van der Waals surface area contributed by atoms with Crippen LogP contribution in [0.2, 0.25) is 0 Å². The molecule has 3 atom stereocenters. The summed E-state index contributed by atoms with van der Waals surface area (Å²) < 4.78 is 49.6. The van der Waals surface area contributed by atoms with Crippen LogP contribution in [0.15, 0.2) is 24.4 Å². The summed E-state index contributed by atoms with van der Waals surface area (Å²) in [6.45, 7) is 6.78. The van der Waals surface area contributed by atoms with Crippen molar-refractivity contribution in [1.29, 1.82) is 0 Å². The molecule has 198 valence electrons. The number of rotatable bonds is 5. The zero-order valence-electron chi connectivity index (χ0n) is 21.3. The Morgan fingerprint density at radius 1 is 1.08 bits per heavy atom. The molecule has 0 radical (unpaired) electrons. The molecule has 1 N–H and O–H groups in total. The second-order valence-electron chi connectivity index (χ2n) is 11.1. The van der Waals surface area contributed by atoms with Crippen LogP contribution in [0.3, 0.4) is 0 Å². The quantitative estimate of drug-likeness (QED) is 0.522. The van der Waals surface area contributed by atoms with Gasteiger partial charge in [-0.1, -0.05) is 6.07 Å². The molecular formula is C27H33F3N6O. The lowest BCUT2D eigenvalue weighted by atomic mass is 10.00. The van der Waals surface area contributed by atoms with Crippen molar-refractivity contribution in [2.75, 3.05) is 38.2 Å². The minimum absolute atomic E-state index is 0.0186. The fraction of sp³-hybridized carbons (Fsp3) is 0.593. The van der Waals surface area contributed by atoms with Crippen LogP contribution in [0.5, 0.6) is 0 Å². The molecular weight excluding hydrogens is 481 g/mol. The molecule has 10 heteroatoms. The van der Waals surface area contributed by atoms with Gasteiger partial charge in [-0.3, -0.25) is 4.68 Å². The third-order valence-corrected chi connectivity index (χ3v) is 8.47. The van der Waals surface area contributed by atoms with E-state index in [9.17, 15) is 13.2 Å². The van der Waals surface area contributed by atoms with Gasteiger partial charge in [0, 0.05) is 63.1 Å². The molecule has 0 amide bonds. The molecule has 37 heavy (non-hydrogen) atoms. The third-order valence-electron chi connectivity index (χ3n) is 8.47. The highest BCUT2D eigenvalue weighted by atomic mass is 19.4. The highest BCUT2D eigenvalue weighted by Gasteiger charge is 2.43. The number of alkyl halides is 3. The molecule has 0 bridgehead atoms. The predicted molar refractivity (Wildman–Crippen MR) is 135 cm³/mol. The maximum atomic E-state index is 14.1. The maximum Gasteiger partial charge on any atom is 0.420 e. The van der Waals surface area contributed by atoms with E-state index in [0.29, 0.717) is 23.3 Å². The van der Waals surface area contributed by atoms with Crippen molar-refractivity contribution >= 4 is 16.7 Å². The molecule has 3 aromatic rings. The van der Waals surface area contributed by atoms with E-state index in [1.165, 1.54) is 0 Å². The van der Waals surface area contributed by atoms with Crippen molar-refractivity contribution < 1.29 is 17.9 Å². The molecule has 1 unspecified atom stereocenters. The second kappa shape index (κ2) is 9.54. The van der Waals surface area contributed by atoms with E-state index in [0.717, 1.165) is 81.1 Å². The molecule has 6 rings (SSSR count). The number of ether oxygens (including phenoxy) is 1. The average Bonchev–Trinajstić information content (AvgIpc) is 3.52. The Hall–Kier alpha value is -2.72. The SMILES string of the molecule is Cc1c(-c2cc(C(F)(F)F)c(NC3C[C@@H]4CN(CC5CCOCC5)C[C@@H]4C3)nn2)ccc2nn(C)cc12. The smallest absolute Gasteiger partial charge is 0.381 e. The fourth-order valence-corrected chi connectivity index (χ4v) is 6.62. The van der Waals surface area contributed by atoms with Crippen molar-refractivity contribution in [1.82, 2.24) is 24.9 Å². The number of halogens is 3. The molecule has 2 saturated heterocycles. The third kappa shape index (κ3) is 4.93.